The van der Waals surface area contributed by atoms with Crippen LogP contribution in [-0.2, 0) is 24.0 Å². The van der Waals surface area contributed by atoms with Crippen LogP contribution in [0.4, 0.5) is 17.3 Å². The van der Waals surface area contributed by atoms with E-state index in [1.165, 1.54) is 16.7 Å². The van der Waals surface area contributed by atoms with E-state index in [-0.39, 0.29) is 60.0 Å². The zero-order chi connectivity index (χ0) is 50.8. The van der Waals surface area contributed by atoms with Crippen molar-refractivity contribution in [2.24, 2.45) is 11.1 Å². The molecule has 0 saturated carbocycles. The minimum absolute atomic E-state index is 0.00731. The number of hydrogen-bond acceptors (Lipinski definition) is 14. The Morgan fingerprint density at radius 3 is 2.34 bits per heavy atom. The van der Waals surface area contributed by atoms with Crippen molar-refractivity contribution in [1.29, 1.82) is 0 Å². The number of likely N-dealkylation sites (tertiary alicyclic amines) is 1. The molecule has 4 unspecified atom stereocenters. The molecular formula is C50H68ClN11O6S2. The fraction of sp³-hybridized carbons (Fsp3) is 0.520. The van der Waals surface area contributed by atoms with Crippen molar-refractivity contribution >= 4 is 81.6 Å². The molecular weight excluding hydrogens is 950 g/mol. The van der Waals surface area contributed by atoms with Crippen molar-refractivity contribution in [3.05, 3.63) is 70.5 Å². The summed E-state index contributed by atoms with van der Waals surface area (Å²) in [6, 6.07) is 11.0. The number of aliphatic hydroxyl groups excluding tert-OH is 1. The number of amides is 5. The summed E-state index contributed by atoms with van der Waals surface area (Å²) in [5.41, 5.74) is 16.8. The van der Waals surface area contributed by atoms with Gasteiger partial charge in [-0.1, -0.05) is 93.7 Å². The van der Waals surface area contributed by atoms with Gasteiger partial charge in [-0.3, -0.25) is 24.0 Å². The van der Waals surface area contributed by atoms with E-state index in [1.807, 2.05) is 64.4 Å². The average molecular weight is 1020 g/mol. The van der Waals surface area contributed by atoms with E-state index >= 15 is 0 Å². The SMILES string of the molecule is Cc1ncsc1-c1ccc(C(C)NC(=O)C2CC(O)CN2C(=O)C(NC(=O)CCCCCCCNC(=O)CC(=O)Nc2cccc(Sc3ncc(N4CCC(C)(N)CC4)nc3N)c2Cl)C(C)(C)C)cc1. The molecule has 378 valence electrons. The monoisotopic (exact) mass is 1020 g/mol. The number of rotatable bonds is 20. The van der Waals surface area contributed by atoms with E-state index < -0.39 is 41.3 Å². The van der Waals surface area contributed by atoms with E-state index in [2.05, 4.69) is 48.0 Å². The first-order chi connectivity index (χ1) is 33.2. The summed E-state index contributed by atoms with van der Waals surface area (Å²) in [5.74, 6) is -1.01. The second-order valence-corrected chi connectivity index (χ2v) is 22.0. The van der Waals surface area contributed by atoms with E-state index in [9.17, 15) is 29.1 Å². The first-order valence-corrected chi connectivity index (χ1v) is 26.0. The van der Waals surface area contributed by atoms with E-state index in [4.69, 9.17) is 23.1 Å². The van der Waals surface area contributed by atoms with Crippen LogP contribution in [0.3, 0.4) is 0 Å². The molecule has 0 spiro atoms. The number of nitrogen functional groups attached to an aromatic ring is 1. The molecule has 5 amide bonds. The van der Waals surface area contributed by atoms with Crippen molar-refractivity contribution in [3.63, 3.8) is 0 Å². The average Bonchev–Trinajstić information content (AvgIpc) is 3.92. The molecule has 4 aromatic rings. The molecule has 4 atom stereocenters. The zero-order valence-corrected chi connectivity index (χ0v) is 43.4. The topological polar surface area (TPSA) is 251 Å². The molecule has 9 N–H and O–H groups in total. The van der Waals surface area contributed by atoms with Gasteiger partial charge in [0.25, 0.3) is 0 Å². The molecule has 2 fully saturated rings. The van der Waals surface area contributed by atoms with Gasteiger partial charge in [-0.05, 0) is 75.1 Å². The molecule has 20 heteroatoms. The fourth-order valence-corrected chi connectivity index (χ4v) is 10.4. The zero-order valence-electron chi connectivity index (χ0n) is 41.0. The molecule has 0 aliphatic carbocycles. The third kappa shape index (κ3) is 14.8. The summed E-state index contributed by atoms with van der Waals surface area (Å²) in [5, 5.41) is 22.9. The summed E-state index contributed by atoms with van der Waals surface area (Å²) < 4.78 is 0. The van der Waals surface area contributed by atoms with Crippen LogP contribution in [0, 0.1) is 12.3 Å². The largest absolute Gasteiger partial charge is 0.391 e. The number of carbonyl (C=O) groups is 5. The number of nitrogens with zero attached hydrogens (tertiary/aromatic N) is 5. The maximum Gasteiger partial charge on any atom is 0.246 e. The molecule has 2 aromatic carbocycles. The number of hydrogen-bond donors (Lipinski definition) is 7. The Labute approximate surface area is 424 Å². The summed E-state index contributed by atoms with van der Waals surface area (Å²) >= 11 is 9.48. The second-order valence-electron chi connectivity index (χ2n) is 19.8. The molecule has 0 radical (unpaired) electrons. The van der Waals surface area contributed by atoms with Crippen molar-refractivity contribution in [1.82, 2.24) is 35.8 Å². The predicted molar refractivity (Wildman–Crippen MR) is 276 cm³/mol. The number of nitrogens with two attached hydrogens (primary N) is 2. The number of halogens is 1. The number of aromatic nitrogens is 3. The summed E-state index contributed by atoms with van der Waals surface area (Å²) in [6.07, 6.45) is 6.11. The van der Waals surface area contributed by atoms with Gasteiger partial charge in [0, 0.05) is 49.5 Å². The van der Waals surface area contributed by atoms with Crippen LogP contribution in [0.5, 0.6) is 0 Å². The van der Waals surface area contributed by atoms with Gasteiger partial charge in [0.1, 0.15) is 29.3 Å². The number of aliphatic hydroxyl groups is 1. The summed E-state index contributed by atoms with van der Waals surface area (Å²) in [6.45, 7) is 13.4. The lowest BCUT2D eigenvalue weighted by molar-refractivity contribution is -0.144. The minimum Gasteiger partial charge on any atom is -0.391 e. The van der Waals surface area contributed by atoms with Gasteiger partial charge in [-0.25, -0.2) is 15.0 Å². The molecule has 2 aromatic heterocycles. The lowest BCUT2D eigenvalue weighted by Gasteiger charge is -2.37. The van der Waals surface area contributed by atoms with Crippen LogP contribution in [0.2, 0.25) is 5.02 Å². The summed E-state index contributed by atoms with van der Waals surface area (Å²) in [7, 11) is 0. The first kappa shape index (κ1) is 54.0. The van der Waals surface area contributed by atoms with Crippen LogP contribution >= 0.6 is 34.7 Å². The third-order valence-corrected chi connectivity index (χ3v) is 15.3. The number of aryl methyl sites for hydroxylation is 1. The highest BCUT2D eigenvalue weighted by molar-refractivity contribution is 7.99. The van der Waals surface area contributed by atoms with Gasteiger partial charge in [0.15, 0.2) is 5.82 Å². The molecule has 4 heterocycles. The van der Waals surface area contributed by atoms with Crippen molar-refractivity contribution in [2.45, 2.75) is 145 Å². The lowest BCUT2D eigenvalue weighted by Crippen LogP contribution is -2.57. The quantitative estimate of drug-likeness (QED) is 0.0357. The number of benzene rings is 2. The predicted octanol–water partition coefficient (Wildman–Crippen LogP) is 6.77. The van der Waals surface area contributed by atoms with E-state index in [0.29, 0.717) is 40.8 Å². The van der Waals surface area contributed by atoms with Crippen molar-refractivity contribution < 1.29 is 29.1 Å². The van der Waals surface area contributed by atoms with Gasteiger partial charge in [-0.2, -0.15) is 0 Å². The number of β-amino-alcohol motifs (C(OH)–C–C–N with tert-alkyl or cyclic N) is 1. The van der Waals surface area contributed by atoms with Crippen molar-refractivity contribution in [3.8, 4) is 10.4 Å². The number of piperidine rings is 1. The fourth-order valence-electron chi connectivity index (χ4n) is 8.47. The van der Waals surface area contributed by atoms with Crippen molar-refractivity contribution in [2.75, 3.05) is 42.1 Å². The standard InChI is InChI=1S/C50H68ClN11O6S2/c1-30(32-16-18-33(19-17-32)43-31(2)56-29-69-43)57-46(67)36-25-34(63)28-62(36)48(68)44(49(3,4)5)60-39(64)15-10-8-7-9-11-22-54-40(65)26-41(66)58-35-13-12-14-37(42(35)51)70-47-45(52)59-38(27-55-47)61-23-20-50(6,53)21-24-61/h12-14,16-19,27,29-30,34,36,44,63H,7-11,15,20-26,28,53H2,1-6H3,(H2,52,59)(H,54,65)(H,57,67)(H,58,66)(H,60,64). The second kappa shape index (κ2) is 24.2. The normalized spacial score (nSPS) is 17.7. The maximum atomic E-state index is 14.1. The van der Waals surface area contributed by atoms with Crippen LogP contribution in [0.15, 0.2) is 64.1 Å². The molecule has 17 nitrogen and oxygen atoms in total. The van der Waals surface area contributed by atoms with E-state index in [0.717, 1.165) is 66.9 Å². The first-order valence-electron chi connectivity index (χ1n) is 24.0. The lowest BCUT2D eigenvalue weighted by atomic mass is 9.85. The number of thiazole rings is 1. The maximum absolute atomic E-state index is 14.1. The molecule has 70 heavy (non-hydrogen) atoms. The Balaban J connectivity index is 0.871. The summed E-state index contributed by atoms with van der Waals surface area (Å²) in [4.78, 5) is 85.0. The Hall–Kier alpha value is -5.34. The number of unbranched alkanes of at least 4 members (excludes halogenated alkanes) is 4. The third-order valence-electron chi connectivity index (χ3n) is 12.7. The Morgan fingerprint density at radius 1 is 0.971 bits per heavy atom. The Morgan fingerprint density at radius 2 is 1.67 bits per heavy atom. The molecule has 2 saturated heterocycles. The van der Waals surface area contributed by atoms with Crippen LogP contribution < -0.4 is 37.6 Å². The highest BCUT2D eigenvalue weighted by Crippen LogP contribution is 2.39. The Bertz CT molecular complexity index is 2470. The van der Waals surface area contributed by atoms with Gasteiger partial charge >= 0.3 is 0 Å². The van der Waals surface area contributed by atoms with Gasteiger partial charge in [0.05, 0.1) is 45.1 Å². The van der Waals surface area contributed by atoms with Gasteiger partial charge in [0.2, 0.25) is 29.5 Å². The molecule has 2 aliphatic rings. The van der Waals surface area contributed by atoms with Crippen LogP contribution in [-0.4, -0.2) is 104 Å². The van der Waals surface area contributed by atoms with Gasteiger partial charge < -0.3 is 47.6 Å². The number of carbonyl (C=O) groups excluding carboxylic acids is 5. The molecule has 0 bridgehead atoms. The highest BCUT2D eigenvalue weighted by Gasteiger charge is 2.44. The van der Waals surface area contributed by atoms with E-state index in [1.54, 1.807) is 35.7 Å². The number of nitrogens with one attached hydrogen (secondary N) is 4. The number of anilines is 3. The minimum atomic E-state index is -0.911. The molecule has 6 rings (SSSR count). The van der Waals surface area contributed by atoms with Crippen LogP contribution in [0.1, 0.15) is 116 Å². The van der Waals surface area contributed by atoms with Crippen LogP contribution in [0.25, 0.3) is 10.4 Å². The van der Waals surface area contributed by atoms with Gasteiger partial charge in [-0.15, -0.1) is 11.3 Å². The molecule has 2 aliphatic heterocycles. The smallest absolute Gasteiger partial charge is 0.246 e. The Kier molecular flexibility index (Phi) is 18.7. The highest BCUT2D eigenvalue weighted by atomic mass is 35.5.